The molecule has 0 aliphatic rings. The molecule has 7 heteroatoms. The molecule has 2 N–H and O–H groups in total. The van der Waals surface area contributed by atoms with E-state index in [1.807, 2.05) is 39.0 Å². The zero-order chi connectivity index (χ0) is 18.7. The minimum atomic E-state index is -3.22. The highest BCUT2D eigenvalue weighted by Gasteiger charge is 2.18. The average molecular weight is 369 g/mol. The summed E-state index contributed by atoms with van der Waals surface area (Å²) in [6, 6.07) is 10.2. The van der Waals surface area contributed by atoms with Gasteiger partial charge in [-0.3, -0.25) is 4.99 Å². The first-order valence-electron chi connectivity index (χ1n) is 8.99. The Bertz CT molecular complexity index is 613. The van der Waals surface area contributed by atoms with Crippen molar-refractivity contribution in [2.75, 3.05) is 38.5 Å². The molecule has 1 unspecified atom stereocenters. The molecule has 0 spiro atoms. The van der Waals surface area contributed by atoms with Crippen molar-refractivity contribution in [1.82, 2.24) is 14.9 Å². The quantitative estimate of drug-likeness (QED) is 0.489. The maximum atomic E-state index is 12.2. The van der Waals surface area contributed by atoms with Crippen LogP contribution in [0, 0.1) is 0 Å². The standard InChI is InChI=1S/C18H32N4O2S/c1-5-19-18(20-13-14-25(23,24)22(6-2)7-3)21-15-16(4)17-11-9-8-10-12-17/h8-12,16H,5-7,13-15H2,1-4H3,(H2,19,20,21). The second-order valence-electron chi connectivity index (χ2n) is 5.86. The minimum absolute atomic E-state index is 0.0628. The van der Waals surface area contributed by atoms with Crippen molar-refractivity contribution in [2.24, 2.45) is 4.99 Å². The molecule has 0 aliphatic heterocycles. The summed E-state index contributed by atoms with van der Waals surface area (Å²) in [5.74, 6) is 1.02. The number of sulfonamides is 1. The predicted molar refractivity (Wildman–Crippen MR) is 106 cm³/mol. The van der Waals surface area contributed by atoms with Crippen molar-refractivity contribution in [3.05, 3.63) is 35.9 Å². The number of guanidine groups is 1. The summed E-state index contributed by atoms with van der Waals surface area (Å²) in [6.45, 7) is 10.5. The molecule has 0 amide bonds. The number of rotatable bonds is 10. The number of nitrogens with one attached hydrogen (secondary N) is 2. The first-order chi connectivity index (χ1) is 11.9. The molecule has 1 rings (SSSR count). The third-order valence-electron chi connectivity index (χ3n) is 3.99. The number of nitrogens with zero attached hydrogens (tertiary/aromatic N) is 2. The van der Waals surface area contributed by atoms with Crippen LogP contribution < -0.4 is 10.6 Å². The lowest BCUT2D eigenvalue weighted by molar-refractivity contribution is 0.445. The molecule has 142 valence electrons. The summed E-state index contributed by atoms with van der Waals surface area (Å²) in [7, 11) is -3.22. The van der Waals surface area contributed by atoms with Gasteiger partial charge in [0.25, 0.3) is 0 Å². The van der Waals surface area contributed by atoms with Crippen LogP contribution in [0.15, 0.2) is 35.3 Å². The Labute approximate surface area is 152 Å². The van der Waals surface area contributed by atoms with Crippen LogP contribution in [0.3, 0.4) is 0 Å². The fourth-order valence-corrected chi connectivity index (χ4v) is 3.91. The highest BCUT2D eigenvalue weighted by Crippen LogP contribution is 2.14. The van der Waals surface area contributed by atoms with Gasteiger partial charge in [-0.1, -0.05) is 51.1 Å². The molecule has 0 bridgehead atoms. The van der Waals surface area contributed by atoms with E-state index in [-0.39, 0.29) is 5.75 Å². The van der Waals surface area contributed by atoms with Crippen LogP contribution in [0.4, 0.5) is 0 Å². The van der Waals surface area contributed by atoms with Gasteiger partial charge < -0.3 is 10.6 Å². The van der Waals surface area contributed by atoms with E-state index in [4.69, 9.17) is 0 Å². The first-order valence-corrected chi connectivity index (χ1v) is 10.6. The summed E-state index contributed by atoms with van der Waals surface area (Å²) in [5.41, 5.74) is 1.24. The van der Waals surface area contributed by atoms with Crippen LogP contribution >= 0.6 is 0 Å². The van der Waals surface area contributed by atoms with Crippen LogP contribution in [0.1, 0.15) is 39.2 Å². The van der Waals surface area contributed by atoms with E-state index >= 15 is 0 Å². The molecule has 0 saturated heterocycles. The molecule has 0 aromatic heterocycles. The molecular formula is C18H32N4O2S. The lowest BCUT2D eigenvalue weighted by Gasteiger charge is -2.19. The van der Waals surface area contributed by atoms with Crippen molar-refractivity contribution >= 4 is 16.0 Å². The Kier molecular flexibility index (Phi) is 9.52. The van der Waals surface area contributed by atoms with E-state index in [1.54, 1.807) is 0 Å². The molecule has 0 radical (unpaired) electrons. The van der Waals surface area contributed by atoms with Crippen molar-refractivity contribution in [3.63, 3.8) is 0 Å². The highest BCUT2D eigenvalue weighted by molar-refractivity contribution is 7.89. The smallest absolute Gasteiger partial charge is 0.215 e. The second kappa shape index (κ2) is 11.1. The molecule has 0 aliphatic carbocycles. The lowest BCUT2D eigenvalue weighted by atomic mass is 10.0. The average Bonchev–Trinajstić information content (AvgIpc) is 2.60. The molecule has 25 heavy (non-hydrogen) atoms. The Morgan fingerprint density at radius 1 is 1.12 bits per heavy atom. The van der Waals surface area contributed by atoms with Gasteiger partial charge in [-0.25, -0.2) is 12.7 Å². The zero-order valence-corrected chi connectivity index (χ0v) is 16.6. The summed E-state index contributed by atoms with van der Waals surface area (Å²) in [4.78, 5) is 4.58. The second-order valence-corrected chi connectivity index (χ2v) is 7.95. The lowest BCUT2D eigenvalue weighted by Crippen LogP contribution is -2.42. The number of aliphatic imine (C=N–C) groups is 1. The Balaban J connectivity index is 2.59. The van der Waals surface area contributed by atoms with Gasteiger partial charge in [0.05, 0.1) is 5.75 Å². The molecule has 1 aromatic carbocycles. The van der Waals surface area contributed by atoms with Crippen LogP contribution in [-0.2, 0) is 10.0 Å². The van der Waals surface area contributed by atoms with Gasteiger partial charge in [0.1, 0.15) is 0 Å². The van der Waals surface area contributed by atoms with Crippen molar-refractivity contribution < 1.29 is 8.42 Å². The third kappa shape index (κ3) is 7.44. The van der Waals surface area contributed by atoms with Crippen LogP contribution in [0.5, 0.6) is 0 Å². The maximum absolute atomic E-state index is 12.2. The van der Waals surface area contributed by atoms with E-state index in [2.05, 4.69) is 34.7 Å². The molecule has 6 nitrogen and oxygen atoms in total. The molecule has 0 heterocycles. The Morgan fingerprint density at radius 3 is 2.32 bits per heavy atom. The highest BCUT2D eigenvalue weighted by atomic mass is 32.2. The van der Waals surface area contributed by atoms with Gasteiger partial charge in [-0.05, 0) is 12.5 Å². The summed E-state index contributed by atoms with van der Waals surface area (Å²) in [5, 5.41) is 6.28. The summed E-state index contributed by atoms with van der Waals surface area (Å²) >= 11 is 0. The number of hydrogen-bond acceptors (Lipinski definition) is 3. The van der Waals surface area contributed by atoms with Crippen molar-refractivity contribution in [1.29, 1.82) is 0 Å². The Morgan fingerprint density at radius 2 is 1.76 bits per heavy atom. The largest absolute Gasteiger partial charge is 0.357 e. The van der Waals surface area contributed by atoms with Gasteiger partial charge in [-0.15, -0.1) is 0 Å². The Hall–Kier alpha value is -1.60. The zero-order valence-electron chi connectivity index (χ0n) is 15.8. The minimum Gasteiger partial charge on any atom is -0.357 e. The molecule has 0 saturated carbocycles. The molecule has 0 fully saturated rings. The van der Waals surface area contributed by atoms with E-state index in [0.717, 1.165) is 6.54 Å². The van der Waals surface area contributed by atoms with E-state index in [9.17, 15) is 8.42 Å². The number of benzene rings is 1. The normalized spacial score (nSPS) is 13.7. The SMILES string of the molecule is CCNC(=NCC(C)c1ccccc1)NCCS(=O)(=O)N(CC)CC. The molecular weight excluding hydrogens is 336 g/mol. The fraction of sp³-hybridized carbons (Fsp3) is 0.611. The van der Waals surface area contributed by atoms with Crippen LogP contribution in [-0.4, -0.2) is 57.2 Å². The van der Waals surface area contributed by atoms with Gasteiger partial charge in [-0.2, -0.15) is 0 Å². The monoisotopic (exact) mass is 368 g/mol. The predicted octanol–water partition coefficient (Wildman–Crippen LogP) is 2.02. The van der Waals surface area contributed by atoms with Crippen LogP contribution in [0.25, 0.3) is 0 Å². The van der Waals surface area contributed by atoms with Gasteiger partial charge in [0, 0.05) is 38.6 Å². The van der Waals surface area contributed by atoms with Crippen molar-refractivity contribution in [2.45, 2.75) is 33.6 Å². The maximum Gasteiger partial charge on any atom is 0.215 e. The van der Waals surface area contributed by atoms with Gasteiger partial charge >= 0.3 is 0 Å². The van der Waals surface area contributed by atoms with Crippen molar-refractivity contribution in [3.8, 4) is 0 Å². The first kappa shape index (κ1) is 21.4. The topological polar surface area (TPSA) is 73.8 Å². The molecule has 1 aromatic rings. The van der Waals surface area contributed by atoms with E-state index < -0.39 is 10.0 Å². The van der Waals surface area contributed by atoms with Gasteiger partial charge in [0.15, 0.2) is 5.96 Å². The third-order valence-corrected chi connectivity index (χ3v) is 6.01. The van der Waals surface area contributed by atoms with Crippen LogP contribution in [0.2, 0.25) is 0 Å². The summed E-state index contributed by atoms with van der Waals surface area (Å²) < 4.78 is 25.9. The van der Waals surface area contributed by atoms with E-state index in [0.29, 0.717) is 38.1 Å². The molecule has 1 atom stereocenters. The summed E-state index contributed by atoms with van der Waals surface area (Å²) in [6.07, 6.45) is 0. The number of hydrogen-bond donors (Lipinski definition) is 2. The van der Waals surface area contributed by atoms with Gasteiger partial charge in [0.2, 0.25) is 10.0 Å². The van der Waals surface area contributed by atoms with E-state index in [1.165, 1.54) is 9.87 Å². The fourth-order valence-electron chi connectivity index (χ4n) is 2.50.